The number of hydrogen-bond acceptors (Lipinski definition) is 1. The van der Waals surface area contributed by atoms with Crippen molar-refractivity contribution >= 4 is 0 Å². The average molecular weight is 429 g/mol. The molecule has 4 aliphatic carbocycles. The summed E-state index contributed by atoms with van der Waals surface area (Å²) in [6, 6.07) is 0. The van der Waals surface area contributed by atoms with Gasteiger partial charge in [0.2, 0.25) is 0 Å². The predicted octanol–water partition coefficient (Wildman–Crippen LogP) is 8.56. The fraction of sp³-hybridized carbons (Fsp3) is 0.933. The second-order valence-corrected chi connectivity index (χ2v) is 14.0. The Morgan fingerprint density at radius 3 is 2.23 bits per heavy atom. The topological polar surface area (TPSA) is 20.2 Å². The lowest BCUT2D eigenvalue weighted by molar-refractivity contribution is -0.0962. The van der Waals surface area contributed by atoms with Crippen molar-refractivity contribution in [2.75, 3.05) is 0 Å². The van der Waals surface area contributed by atoms with E-state index in [0.29, 0.717) is 22.2 Å². The molecule has 1 nitrogen and oxygen atoms in total. The molecule has 31 heavy (non-hydrogen) atoms. The van der Waals surface area contributed by atoms with Crippen molar-refractivity contribution in [1.29, 1.82) is 0 Å². The molecule has 0 saturated heterocycles. The van der Waals surface area contributed by atoms with Gasteiger partial charge in [-0.1, -0.05) is 85.8 Å². The SMILES string of the molecule is CC(C)CCC[C@@H](C)[C@H]1CC[C@@]2(C)C3=C(CC[C@]12C)[C@@]1(C)CCC(O)C(C)(C)[C@@H]1CC3. The first-order valence-electron chi connectivity index (χ1n) is 13.8. The summed E-state index contributed by atoms with van der Waals surface area (Å²) in [5.74, 6) is 3.24. The van der Waals surface area contributed by atoms with E-state index < -0.39 is 0 Å². The van der Waals surface area contributed by atoms with E-state index in [9.17, 15) is 5.11 Å². The Labute approximate surface area is 193 Å². The minimum absolute atomic E-state index is 0.0519. The smallest absolute Gasteiger partial charge is 0.0594 e. The Kier molecular flexibility index (Phi) is 6.07. The summed E-state index contributed by atoms with van der Waals surface area (Å²) in [5.41, 5.74) is 5.01. The van der Waals surface area contributed by atoms with Gasteiger partial charge in [-0.15, -0.1) is 0 Å². The Morgan fingerprint density at radius 1 is 0.839 bits per heavy atom. The lowest BCUT2D eigenvalue weighted by Crippen LogP contribution is -2.55. The average Bonchev–Trinajstić information content (AvgIpc) is 2.96. The maximum absolute atomic E-state index is 10.8. The highest BCUT2D eigenvalue weighted by Gasteiger charge is 2.63. The second-order valence-electron chi connectivity index (χ2n) is 14.0. The quantitative estimate of drug-likeness (QED) is 0.435. The third-order valence-corrected chi connectivity index (χ3v) is 11.9. The van der Waals surface area contributed by atoms with E-state index in [1.165, 1.54) is 64.2 Å². The molecule has 1 N–H and O–H groups in total. The van der Waals surface area contributed by atoms with E-state index in [4.69, 9.17) is 0 Å². The van der Waals surface area contributed by atoms with Gasteiger partial charge in [-0.2, -0.15) is 0 Å². The molecule has 0 aromatic carbocycles. The van der Waals surface area contributed by atoms with Gasteiger partial charge < -0.3 is 5.11 Å². The second kappa shape index (κ2) is 7.89. The van der Waals surface area contributed by atoms with Crippen molar-refractivity contribution in [2.24, 2.45) is 45.3 Å². The predicted molar refractivity (Wildman–Crippen MR) is 133 cm³/mol. The van der Waals surface area contributed by atoms with Gasteiger partial charge in [-0.05, 0) is 96.7 Å². The molecule has 1 unspecified atom stereocenters. The molecule has 0 aromatic heterocycles. The molecule has 2 fully saturated rings. The molecule has 0 bridgehead atoms. The van der Waals surface area contributed by atoms with Crippen molar-refractivity contribution in [3.63, 3.8) is 0 Å². The molecule has 2 saturated carbocycles. The monoisotopic (exact) mass is 428 g/mol. The van der Waals surface area contributed by atoms with Crippen LogP contribution in [-0.4, -0.2) is 11.2 Å². The minimum atomic E-state index is -0.125. The first kappa shape index (κ1) is 23.8. The summed E-state index contributed by atoms with van der Waals surface area (Å²) >= 11 is 0. The van der Waals surface area contributed by atoms with Gasteiger partial charge in [0.1, 0.15) is 0 Å². The molecule has 0 aromatic rings. The van der Waals surface area contributed by atoms with Crippen LogP contribution in [0.5, 0.6) is 0 Å². The van der Waals surface area contributed by atoms with Crippen molar-refractivity contribution in [3.8, 4) is 0 Å². The number of aliphatic hydroxyl groups is 1. The Morgan fingerprint density at radius 2 is 1.55 bits per heavy atom. The van der Waals surface area contributed by atoms with Crippen LogP contribution in [0, 0.1) is 45.3 Å². The van der Waals surface area contributed by atoms with Crippen molar-refractivity contribution in [1.82, 2.24) is 0 Å². The van der Waals surface area contributed by atoms with Crippen LogP contribution >= 0.6 is 0 Å². The largest absolute Gasteiger partial charge is 0.393 e. The molecule has 178 valence electrons. The van der Waals surface area contributed by atoms with Crippen LogP contribution in [0.2, 0.25) is 0 Å². The highest BCUT2D eigenvalue weighted by atomic mass is 16.3. The summed E-state index contributed by atoms with van der Waals surface area (Å²) in [4.78, 5) is 0. The zero-order valence-corrected chi connectivity index (χ0v) is 22.1. The maximum atomic E-state index is 10.8. The summed E-state index contributed by atoms with van der Waals surface area (Å²) in [6.45, 7) is 20.0. The van der Waals surface area contributed by atoms with Gasteiger partial charge in [0, 0.05) is 0 Å². The zero-order chi connectivity index (χ0) is 22.8. The van der Waals surface area contributed by atoms with Crippen molar-refractivity contribution in [3.05, 3.63) is 11.1 Å². The van der Waals surface area contributed by atoms with E-state index in [-0.39, 0.29) is 11.5 Å². The standard InChI is InChI=1S/C30H52O/c1-20(2)10-9-11-21(3)22-14-18-30(8)24-12-13-25-27(4,5)26(31)16-17-28(25,6)23(24)15-19-29(22,30)7/h20-22,25-26,31H,9-19H2,1-8H3/t21-,22-,25+,26?,28-,29-,30+/m1/s1. The number of fused-ring (bicyclic) bond motifs is 4. The third-order valence-electron chi connectivity index (χ3n) is 11.9. The molecule has 4 aliphatic rings. The lowest BCUT2D eigenvalue weighted by atomic mass is 9.43. The van der Waals surface area contributed by atoms with Crippen LogP contribution in [-0.2, 0) is 0 Å². The number of aliphatic hydroxyl groups excluding tert-OH is 1. The van der Waals surface area contributed by atoms with Gasteiger partial charge in [0.05, 0.1) is 6.10 Å². The first-order valence-corrected chi connectivity index (χ1v) is 13.8. The van der Waals surface area contributed by atoms with E-state index in [2.05, 4.69) is 55.4 Å². The van der Waals surface area contributed by atoms with E-state index in [1.54, 1.807) is 0 Å². The lowest BCUT2D eigenvalue weighted by Gasteiger charge is -2.62. The van der Waals surface area contributed by atoms with Gasteiger partial charge >= 0.3 is 0 Å². The highest BCUT2D eigenvalue weighted by molar-refractivity contribution is 5.38. The minimum Gasteiger partial charge on any atom is -0.393 e. The van der Waals surface area contributed by atoms with Gasteiger partial charge in [-0.3, -0.25) is 0 Å². The summed E-state index contributed by atoms with van der Waals surface area (Å²) < 4.78 is 0. The molecule has 0 aliphatic heterocycles. The molecule has 7 atom stereocenters. The maximum Gasteiger partial charge on any atom is 0.0594 e. The van der Waals surface area contributed by atoms with Gasteiger partial charge in [0.25, 0.3) is 0 Å². The molecular weight excluding hydrogens is 376 g/mol. The molecule has 0 radical (unpaired) electrons. The molecule has 1 heteroatoms. The molecule has 0 amide bonds. The molecule has 4 rings (SSSR count). The summed E-state index contributed by atoms with van der Waals surface area (Å²) in [7, 11) is 0. The van der Waals surface area contributed by atoms with Crippen LogP contribution in [0.1, 0.15) is 126 Å². The van der Waals surface area contributed by atoms with E-state index in [1.807, 2.05) is 11.1 Å². The van der Waals surface area contributed by atoms with Gasteiger partial charge in [-0.25, -0.2) is 0 Å². The number of hydrogen-bond donors (Lipinski definition) is 1. The fourth-order valence-corrected chi connectivity index (χ4v) is 9.68. The van der Waals surface area contributed by atoms with Crippen LogP contribution < -0.4 is 0 Å². The normalized spacial score (nSPS) is 45.3. The Hall–Kier alpha value is -0.300. The molecular formula is C30H52O. The van der Waals surface area contributed by atoms with E-state index >= 15 is 0 Å². The van der Waals surface area contributed by atoms with Crippen LogP contribution in [0.15, 0.2) is 11.1 Å². The fourth-order valence-electron chi connectivity index (χ4n) is 9.68. The van der Waals surface area contributed by atoms with Crippen molar-refractivity contribution in [2.45, 2.75) is 132 Å². The summed E-state index contributed by atoms with van der Waals surface area (Å²) in [5, 5.41) is 10.8. The Balaban J connectivity index is 1.63. The van der Waals surface area contributed by atoms with Crippen LogP contribution in [0.3, 0.4) is 0 Å². The van der Waals surface area contributed by atoms with Crippen molar-refractivity contribution < 1.29 is 5.11 Å². The molecule has 0 heterocycles. The van der Waals surface area contributed by atoms with Gasteiger partial charge in [0.15, 0.2) is 0 Å². The molecule has 0 spiro atoms. The van der Waals surface area contributed by atoms with Crippen LogP contribution in [0.4, 0.5) is 0 Å². The first-order chi connectivity index (χ1) is 14.4. The number of rotatable bonds is 5. The third kappa shape index (κ3) is 3.41. The van der Waals surface area contributed by atoms with E-state index in [0.717, 1.165) is 24.2 Å². The highest BCUT2D eigenvalue weighted by Crippen LogP contribution is 2.72. The van der Waals surface area contributed by atoms with Crippen LogP contribution in [0.25, 0.3) is 0 Å². The zero-order valence-electron chi connectivity index (χ0n) is 22.1. The Bertz CT molecular complexity index is 716. The summed E-state index contributed by atoms with van der Waals surface area (Å²) in [6.07, 6.45) is 14.4. The number of allylic oxidation sites excluding steroid dienone is 2.